The Kier molecular flexibility index (Phi) is 4.03. The molecule has 0 saturated carbocycles. The Bertz CT molecular complexity index is 502. The molecule has 1 atom stereocenters. The van der Waals surface area contributed by atoms with E-state index in [1.807, 2.05) is 16.5 Å². The molecule has 1 amide bonds. The van der Waals surface area contributed by atoms with Crippen molar-refractivity contribution in [2.75, 3.05) is 32.7 Å². The second-order valence-corrected chi connectivity index (χ2v) is 7.70. The summed E-state index contributed by atoms with van der Waals surface area (Å²) in [4.78, 5) is 23.2. The fraction of sp³-hybridized carbons (Fsp3) is 0.733. The summed E-state index contributed by atoms with van der Waals surface area (Å²) < 4.78 is 0. The van der Waals surface area contributed by atoms with E-state index in [1.165, 1.54) is 5.01 Å². The zero-order valence-corrected chi connectivity index (χ0v) is 13.9. The normalized spacial score (nSPS) is 26.6. The SMILES string of the molecule is CC(=O)N1C[C@@H]2CN(Cc3nccs3)CCN2C(C)(C)C1. The van der Waals surface area contributed by atoms with Gasteiger partial charge in [0.05, 0.1) is 6.54 Å². The topological polar surface area (TPSA) is 39.7 Å². The highest BCUT2D eigenvalue weighted by atomic mass is 32.1. The summed E-state index contributed by atoms with van der Waals surface area (Å²) in [6, 6.07) is 0.436. The van der Waals surface area contributed by atoms with Crippen molar-refractivity contribution in [2.45, 2.75) is 38.9 Å². The minimum atomic E-state index is 0.0713. The molecule has 6 heteroatoms. The molecule has 2 saturated heterocycles. The number of amides is 1. The Morgan fingerprint density at radius 1 is 1.43 bits per heavy atom. The maximum atomic E-state index is 11.8. The summed E-state index contributed by atoms with van der Waals surface area (Å²) >= 11 is 1.72. The first-order chi connectivity index (χ1) is 9.95. The lowest BCUT2D eigenvalue weighted by molar-refractivity contribution is -0.139. The second-order valence-electron chi connectivity index (χ2n) is 6.72. The molecule has 116 valence electrons. The van der Waals surface area contributed by atoms with E-state index in [0.29, 0.717) is 6.04 Å². The molecule has 2 aliphatic heterocycles. The zero-order chi connectivity index (χ0) is 15.0. The lowest BCUT2D eigenvalue weighted by atomic mass is 9.92. The van der Waals surface area contributed by atoms with Crippen molar-refractivity contribution in [2.24, 2.45) is 0 Å². The van der Waals surface area contributed by atoms with E-state index in [0.717, 1.165) is 39.3 Å². The summed E-state index contributed by atoms with van der Waals surface area (Å²) in [5, 5.41) is 3.22. The van der Waals surface area contributed by atoms with Gasteiger partial charge in [0.2, 0.25) is 5.91 Å². The van der Waals surface area contributed by atoms with Gasteiger partial charge >= 0.3 is 0 Å². The van der Waals surface area contributed by atoms with E-state index in [4.69, 9.17) is 0 Å². The minimum Gasteiger partial charge on any atom is -0.339 e. The van der Waals surface area contributed by atoms with E-state index in [2.05, 4.69) is 28.6 Å². The van der Waals surface area contributed by atoms with Gasteiger partial charge in [0.1, 0.15) is 5.01 Å². The maximum Gasteiger partial charge on any atom is 0.219 e. The van der Waals surface area contributed by atoms with Crippen LogP contribution in [0, 0.1) is 0 Å². The van der Waals surface area contributed by atoms with Gasteiger partial charge in [-0.2, -0.15) is 0 Å². The van der Waals surface area contributed by atoms with Gasteiger partial charge in [0, 0.05) is 62.8 Å². The average Bonchev–Trinajstić information content (AvgIpc) is 2.90. The van der Waals surface area contributed by atoms with Crippen LogP contribution in [0.2, 0.25) is 0 Å². The third-order valence-electron chi connectivity index (χ3n) is 4.64. The van der Waals surface area contributed by atoms with Crippen molar-refractivity contribution in [3.63, 3.8) is 0 Å². The molecule has 0 aromatic carbocycles. The van der Waals surface area contributed by atoms with Crippen LogP contribution in [0.4, 0.5) is 0 Å². The number of carbonyl (C=O) groups excluding carboxylic acids is 1. The van der Waals surface area contributed by atoms with Gasteiger partial charge in [0.15, 0.2) is 0 Å². The summed E-state index contributed by atoms with van der Waals surface area (Å²) in [7, 11) is 0. The highest BCUT2D eigenvalue weighted by Gasteiger charge is 2.43. The molecule has 0 radical (unpaired) electrons. The predicted octanol–water partition coefficient (Wildman–Crippen LogP) is 1.27. The Morgan fingerprint density at radius 2 is 2.24 bits per heavy atom. The van der Waals surface area contributed by atoms with Crippen molar-refractivity contribution in [3.8, 4) is 0 Å². The molecule has 0 spiro atoms. The molecular formula is C15H24N4OS. The molecule has 2 fully saturated rings. The number of nitrogens with zero attached hydrogens (tertiary/aromatic N) is 4. The fourth-order valence-corrected chi connectivity index (χ4v) is 4.31. The smallest absolute Gasteiger partial charge is 0.219 e. The van der Waals surface area contributed by atoms with Gasteiger partial charge in [0.25, 0.3) is 0 Å². The summed E-state index contributed by atoms with van der Waals surface area (Å²) in [5.74, 6) is 0.194. The van der Waals surface area contributed by atoms with Gasteiger partial charge in [-0.3, -0.25) is 14.6 Å². The quantitative estimate of drug-likeness (QED) is 0.825. The molecule has 0 bridgehead atoms. The molecule has 1 aromatic rings. The van der Waals surface area contributed by atoms with Crippen LogP contribution >= 0.6 is 11.3 Å². The first kappa shape index (κ1) is 14.9. The zero-order valence-electron chi connectivity index (χ0n) is 13.1. The third-order valence-corrected chi connectivity index (χ3v) is 5.41. The number of rotatable bonds is 2. The summed E-state index contributed by atoms with van der Waals surface area (Å²) in [5.41, 5.74) is 0.0713. The van der Waals surface area contributed by atoms with Crippen molar-refractivity contribution in [1.82, 2.24) is 19.7 Å². The highest BCUT2D eigenvalue weighted by molar-refractivity contribution is 7.09. The third kappa shape index (κ3) is 3.12. The van der Waals surface area contributed by atoms with Crippen LogP contribution in [0.15, 0.2) is 11.6 Å². The number of aromatic nitrogens is 1. The van der Waals surface area contributed by atoms with Gasteiger partial charge < -0.3 is 4.90 Å². The number of fused-ring (bicyclic) bond motifs is 1. The number of hydrogen-bond donors (Lipinski definition) is 0. The Labute approximate surface area is 130 Å². The standard InChI is InChI=1S/C15H24N4OS/c1-12(20)18-9-13-8-17(10-14-16-4-7-21-14)5-6-19(13)15(2,3)11-18/h4,7,13H,5-6,8-11H2,1-3H3/t13-/m0/s1. The van der Waals surface area contributed by atoms with Crippen LogP contribution in [-0.2, 0) is 11.3 Å². The maximum absolute atomic E-state index is 11.8. The Morgan fingerprint density at radius 3 is 2.90 bits per heavy atom. The second kappa shape index (κ2) is 5.66. The van der Waals surface area contributed by atoms with Crippen LogP contribution < -0.4 is 0 Å². The van der Waals surface area contributed by atoms with Crippen molar-refractivity contribution >= 4 is 17.2 Å². The fourth-order valence-electron chi connectivity index (χ4n) is 3.66. The molecular weight excluding hydrogens is 284 g/mol. The Balaban J connectivity index is 1.69. The van der Waals surface area contributed by atoms with Crippen molar-refractivity contribution in [1.29, 1.82) is 0 Å². The number of piperazine rings is 2. The van der Waals surface area contributed by atoms with Crippen LogP contribution in [0.3, 0.4) is 0 Å². The van der Waals surface area contributed by atoms with Crippen LogP contribution in [0.1, 0.15) is 25.8 Å². The molecule has 0 N–H and O–H groups in total. The van der Waals surface area contributed by atoms with Gasteiger partial charge in [-0.25, -0.2) is 4.98 Å². The molecule has 2 aliphatic rings. The first-order valence-electron chi connectivity index (χ1n) is 7.59. The summed E-state index contributed by atoms with van der Waals surface area (Å²) in [6.45, 7) is 12.0. The van der Waals surface area contributed by atoms with Gasteiger partial charge in [-0.15, -0.1) is 11.3 Å². The lowest BCUT2D eigenvalue weighted by Crippen LogP contribution is -2.70. The van der Waals surface area contributed by atoms with E-state index in [-0.39, 0.29) is 11.4 Å². The number of hydrogen-bond acceptors (Lipinski definition) is 5. The monoisotopic (exact) mass is 308 g/mol. The highest BCUT2D eigenvalue weighted by Crippen LogP contribution is 2.28. The van der Waals surface area contributed by atoms with E-state index in [1.54, 1.807) is 18.3 Å². The Hall–Kier alpha value is -0.980. The molecule has 3 heterocycles. The van der Waals surface area contributed by atoms with E-state index >= 15 is 0 Å². The van der Waals surface area contributed by atoms with Gasteiger partial charge in [-0.1, -0.05) is 0 Å². The first-order valence-corrected chi connectivity index (χ1v) is 8.47. The lowest BCUT2D eigenvalue weighted by Gasteiger charge is -2.55. The van der Waals surface area contributed by atoms with Crippen molar-refractivity contribution in [3.05, 3.63) is 16.6 Å². The minimum absolute atomic E-state index is 0.0713. The van der Waals surface area contributed by atoms with Crippen molar-refractivity contribution < 1.29 is 4.79 Å². The molecule has 0 aliphatic carbocycles. The molecule has 0 unspecified atom stereocenters. The predicted molar refractivity (Wildman–Crippen MR) is 84.2 cm³/mol. The molecule has 1 aromatic heterocycles. The van der Waals surface area contributed by atoms with Gasteiger partial charge in [-0.05, 0) is 13.8 Å². The molecule has 5 nitrogen and oxygen atoms in total. The molecule has 21 heavy (non-hydrogen) atoms. The number of carbonyl (C=O) groups is 1. The van der Waals surface area contributed by atoms with Crippen LogP contribution in [0.5, 0.6) is 0 Å². The van der Waals surface area contributed by atoms with E-state index < -0.39 is 0 Å². The summed E-state index contributed by atoms with van der Waals surface area (Å²) in [6.07, 6.45) is 1.87. The van der Waals surface area contributed by atoms with E-state index in [9.17, 15) is 4.79 Å². The number of thiazole rings is 1. The average molecular weight is 308 g/mol. The molecule has 3 rings (SSSR count). The van der Waals surface area contributed by atoms with Crippen LogP contribution in [0.25, 0.3) is 0 Å². The largest absolute Gasteiger partial charge is 0.339 e. The van der Waals surface area contributed by atoms with Crippen LogP contribution in [-0.4, -0.2) is 69.9 Å².